The molecule has 1 fully saturated rings. The standard InChI is InChI=1S/C16H23N3O2/c1-2-12-3-5-14(6-4-12)19-16(21)15(20)18-11-13-7-9-17-10-8-13/h3-6,13,17H,2,7-11H2,1H3,(H,18,20)(H,19,21)/p+1. The molecule has 4 N–H and O–H groups in total. The summed E-state index contributed by atoms with van der Waals surface area (Å²) in [5.41, 5.74) is 1.85. The van der Waals surface area contributed by atoms with Crippen LogP contribution in [0.2, 0.25) is 0 Å². The fourth-order valence-corrected chi connectivity index (χ4v) is 2.53. The van der Waals surface area contributed by atoms with Gasteiger partial charge < -0.3 is 16.0 Å². The van der Waals surface area contributed by atoms with Gasteiger partial charge in [-0.05, 0) is 30.0 Å². The first-order chi connectivity index (χ1) is 10.2. The zero-order chi connectivity index (χ0) is 15.1. The molecule has 0 aliphatic carbocycles. The summed E-state index contributed by atoms with van der Waals surface area (Å²) in [5.74, 6) is -0.652. The fourth-order valence-electron chi connectivity index (χ4n) is 2.53. The second kappa shape index (κ2) is 7.78. The second-order valence-electron chi connectivity index (χ2n) is 5.52. The van der Waals surface area contributed by atoms with Crippen molar-refractivity contribution in [1.82, 2.24) is 5.32 Å². The number of nitrogens with one attached hydrogen (secondary N) is 2. The van der Waals surface area contributed by atoms with E-state index in [1.54, 1.807) is 0 Å². The van der Waals surface area contributed by atoms with Crippen molar-refractivity contribution in [3.63, 3.8) is 0 Å². The van der Waals surface area contributed by atoms with Crippen molar-refractivity contribution < 1.29 is 14.9 Å². The summed E-state index contributed by atoms with van der Waals surface area (Å²) in [5, 5.41) is 7.64. The Hall–Kier alpha value is -1.88. The minimum absolute atomic E-state index is 0.496. The normalized spacial score (nSPS) is 15.5. The summed E-state index contributed by atoms with van der Waals surface area (Å²) in [7, 11) is 0. The monoisotopic (exact) mass is 290 g/mol. The summed E-state index contributed by atoms with van der Waals surface area (Å²) in [6.45, 7) is 4.88. The Bertz CT molecular complexity index is 479. The van der Waals surface area contributed by atoms with Gasteiger partial charge in [0.1, 0.15) is 0 Å². The molecule has 0 bridgehead atoms. The molecule has 5 nitrogen and oxygen atoms in total. The number of amides is 2. The van der Waals surface area contributed by atoms with Crippen molar-refractivity contribution in [3.8, 4) is 0 Å². The van der Waals surface area contributed by atoms with E-state index >= 15 is 0 Å². The molecular weight excluding hydrogens is 266 g/mol. The Balaban J connectivity index is 1.77. The van der Waals surface area contributed by atoms with E-state index in [9.17, 15) is 9.59 Å². The third-order valence-electron chi connectivity index (χ3n) is 3.94. The molecule has 1 heterocycles. The van der Waals surface area contributed by atoms with Gasteiger partial charge in [-0.25, -0.2) is 0 Å². The van der Waals surface area contributed by atoms with Crippen LogP contribution in [0.4, 0.5) is 5.69 Å². The molecule has 1 aromatic carbocycles. The lowest BCUT2D eigenvalue weighted by Crippen LogP contribution is -2.86. The molecular formula is C16H24N3O2+. The van der Waals surface area contributed by atoms with Gasteiger partial charge in [0.2, 0.25) is 0 Å². The van der Waals surface area contributed by atoms with Gasteiger partial charge in [-0.1, -0.05) is 19.1 Å². The third-order valence-corrected chi connectivity index (χ3v) is 3.94. The van der Waals surface area contributed by atoms with Crippen LogP contribution >= 0.6 is 0 Å². The third kappa shape index (κ3) is 4.86. The highest BCUT2D eigenvalue weighted by Gasteiger charge is 2.19. The molecule has 1 saturated heterocycles. The minimum atomic E-state index is -0.596. The molecule has 21 heavy (non-hydrogen) atoms. The summed E-state index contributed by atoms with van der Waals surface area (Å²) in [6, 6.07) is 7.54. The Labute approximate surface area is 125 Å². The predicted molar refractivity (Wildman–Crippen MR) is 81.8 cm³/mol. The maximum Gasteiger partial charge on any atom is 0.313 e. The van der Waals surface area contributed by atoms with E-state index < -0.39 is 11.8 Å². The first-order valence-electron chi connectivity index (χ1n) is 7.69. The smallest absolute Gasteiger partial charge is 0.313 e. The Kier molecular flexibility index (Phi) is 5.75. The molecule has 0 atom stereocenters. The van der Waals surface area contributed by atoms with E-state index in [0.29, 0.717) is 18.2 Å². The number of anilines is 1. The highest BCUT2D eigenvalue weighted by Crippen LogP contribution is 2.10. The number of piperidine rings is 1. The molecule has 0 spiro atoms. The van der Waals surface area contributed by atoms with Gasteiger partial charge in [-0.2, -0.15) is 0 Å². The maximum atomic E-state index is 11.8. The van der Waals surface area contributed by atoms with Crippen LogP contribution in [-0.4, -0.2) is 31.4 Å². The van der Waals surface area contributed by atoms with E-state index in [2.05, 4.69) is 22.9 Å². The molecule has 1 aromatic rings. The topological polar surface area (TPSA) is 74.8 Å². The van der Waals surface area contributed by atoms with Crippen LogP contribution < -0.4 is 16.0 Å². The number of carbonyl (C=O) groups is 2. The number of hydrogen-bond donors (Lipinski definition) is 3. The van der Waals surface area contributed by atoms with Gasteiger partial charge >= 0.3 is 11.8 Å². The first kappa shape index (κ1) is 15.5. The highest BCUT2D eigenvalue weighted by atomic mass is 16.2. The Morgan fingerprint density at radius 2 is 1.81 bits per heavy atom. The summed E-state index contributed by atoms with van der Waals surface area (Å²) in [4.78, 5) is 23.6. The van der Waals surface area contributed by atoms with Crippen molar-refractivity contribution in [2.45, 2.75) is 26.2 Å². The van der Waals surface area contributed by atoms with Crippen molar-refractivity contribution in [1.29, 1.82) is 0 Å². The summed E-state index contributed by atoms with van der Waals surface area (Å²) >= 11 is 0. The van der Waals surface area contributed by atoms with E-state index in [0.717, 1.165) is 32.4 Å². The number of aryl methyl sites for hydroxylation is 1. The van der Waals surface area contributed by atoms with Crippen molar-refractivity contribution >= 4 is 17.5 Å². The van der Waals surface area contributed by atoms with Crippen LogP contribution in [0, 0.1) is 5.92 Å². The molecule has 0 saturated carbocycles. The number of nitrogens with two attached hydrogens (primary N) is 1. The SMILES string of the molecule is CCc1ccc(NC(=O)C(=O)NCC2CC[NH2+]CC2)cc1. The molecule has 0 aromatic heterocycles. The zero-order valence-electron chi connectivity index (χ0n) is 12.5. The van der Waals surface area contributed by atoms with E-state index in [1.807, 2.05) is 24.3 Å². The number of rotatable bonds is 4. The maximum absolute atomic E-state index is 11.8. The fraction of sp³-hybridized carbons (Fsp3) is 0.500. The molecule has 2 rings (SSSR count). The quantitative estimate of drug-likeness (QED) is 0.697. The first-order valence-corrected chi connectivity index (χ1v) is 7.69. The van der Waals surface area contributed by atoms with Crippen LogP contribution in [0.1, 0.15) is 25.3 Å². The number of carbonyl (C=O) groups excluding carboxylic acids is 2. The summed E-state index contributed by atoms with van der Waals surface area (Å²) in [6.07, 6.45) is 3.15. The number of quaternary nitrogens is 1. The van der Waals surface area contributed by atoms with Gasteiger partial charge in [0.25, 0.3) is 0 Å². The van der Waals surface area contributed by atoms with Crippen LogP contribution in [0.5, 0.6) is 0 Å². The molecule has 0 radical (unpaired) electrons. The van der Waals surface area contributed by atoms with Gasteiger partial charge in [-0.15, -0.1) is 0 Å². The van der Waals surface area contributed by atoms with E-state index in [1.165, 1.54) is 5.56 Å². The number of hydrogen-bond acceptors (Lipinski definition) is 2. The molecule has 2 amide bonds. The summed E-state index contributed by atoms with van der Waals surface area (Å²) < 4.78 is 0. The van der Waals surface area contributed by atoms with Gasteiger partial charge in [0.05, 0.1) is 13.1 Å². The molecule has 1 aliphatic heterocycles. The molecule has 5 heteroatoms. The van der Waals surface area contributed by atoms with E-state index in [-0.39, 0.29) is 0 Å². The Morgan fingerprint density at radius 3 is 2.43 bits per heavy atom. The number of benzene rings is 1. The largest absolute Gasteiger partial charge is 0.348 e. The lowest BCUT2D eigenvalue weighted by molar-refractivity contribution is -0.664. The molecule has 1 aliphatic rings. The van der Waals surface area contributed by atoms with Crippen molar-refractivity contribution in [3.05, 3.63) is 29.8 Å². The minimum Gasteiger partial charge on any atom is -0.348 e. The van der Waals surface area contributed by atoms with Crippen molar-refractivity contribution in [2.75, 3.05) is 25.0 Å². The second-order valence-corrected chi connectivity index (χ2v) is 5.52. The lowest BCUT2D eigenvalue weighted by atomic mass is 9.98. The highest BCUT2D eigenvalue weighted by molar-refractivity contribution is 6.39. The van der Waals surface area contributed by atoms with Crippen LogP contribution in [0.15, 0.2) is 24.3 Å². The van der Waals surface area contributed by atoms with E-state index in [4.69, 9.17) is 0 Å². The van der Waals surface area contributed by atoms with Gasteiger partial charge in [0, 0.05) is 25.1 Å². The molecule has 114 valence electrons. The average Bonchev–Trinajstić information content (AvgIpc) is 2.54. The lowest BCUT2D eigenvalue weighted by Gasteiger charge is -2.20. The Morgan fingerprint density at radius 1 is 1.14 bits per heavy atom. The molecule has 0 unspecified atom stereocenters. The zero-order valence-corrected chi connectivity index (χ0v) is 12.5. The van der Waals surface area contributed by atoms with Gasteiger partial charge in [-0.3, -0.25) is 9.59 Å². The van der Waals surface area contributed by atoms with Crippen LogP contribution in [0.3, 0.4) is 0 Å². The van der Waals surface area contributed by atoms with Crippen LogP contribution in [-0.2, 0) is 16.0 Å². The predicted octanol–water partition coefficient (Wildman–Crippen LogP) is 0.277. The average molecular weight is 290 g/mol. The van der Waals surface area contributed by atoms with Crippen molar-refractivity contribution in [2.24, 2.45) is 5.92 Å². The van der Waals surface area contributed by atoms with Crippen LogP contribution in [0.25, 0.3) is 0 Å². The van der Waals surface area contributed by atoms with Gasteiger partial charge in [0.15, 0.2) is 0 Å².